The number of hydrogen-bond acceptors (Lipinski definition) is 0. The highest BCUT2D eigenvalue weighted by Crippen LogP contribution is 1.61. The lowest BCUT2D eigenvalue weighted by Gasteiger charge is -1.65. The first-order valence-electron chi connectivity index (χ1n) is 1.50. The second kappa shape index (κ2) is 3.22. The molecular weight excluding hydrogens is 64.1 g/mol. The average Bonchev–Trinajstić information content (AvgIpc) is 1.37. The van der Waals surface area contributed by atoms with Crippen LogP contribution in [0, 0.1) is 13.5 Å². The van der Waals surface area contributed by atoms with Crippen LogP contribution in [0.15, 0.2) is 0 Å². The second-order valence-corrected chi connectivity index (χ2v) is 2.12. The summed E-state index contributed by atoms with van der Waals surface area (Å²) in [5.41, 5.74) is 0. The topological polar surface area (TPSA) is 0 Å². The van der Waals surface area contributed by atoms with Crippen molar-refractivity contribution in [2.75, 3.05) is 0 Å². The molecule has 24 valence electrons. The highest BCUT2D eigenvalue weighted by Gasteiger charge is 1.59. The Hall–Kier alpha value is 0.217. The van der Waals surface area contributed by atoms with Crippen molar-refractivity contribution < 1.29 is 0 Å². The Bertz CT molecular complexity index is 5.25. The molecule has 0 unspecified atom stereocenters. The fourth-order valence-electron chi connectivity index (χ4n) is 0. The molecule has 0 N–H and O–H groups in total. The minimum absolute atomic E-state index is 0.0633. The van der Waals surface area contributed by atoms with Gasteiger partial charge in [-0.3, -0.25) is 0 Å². The normalized spacial score (nSPS) is 10.5. The SMILES string of the molecule is [CH2]C[SiH2][CH2]. The van der Waals surface area contributed by atoms with Crippen LogP contribution >= 0.6 is 0 Å². The predicted molar refractivity (Wildman–Crippen MR) is 24.1 cm³/mol. The van der Waals surface area contributed by atoms with Crippen molar-refractivity contribution in [2.45, 2.75) is 6.04 Å². The van der Waals surface area contributed by atoms with Gasteiger partial charge >= 0.3 is 0 Å². The van der Waals surface area contributed by atoms with Crippen LogP contribution in [0.3, 0.4) is 0 Å². The maximum atomic E-state index is 3.68. The first kappa shape index (κ1) is 4.22. The van der Waals surface area contributed by atoms with Gasteiger partial charge < -0.3 is 0 Å². The van der Waals surface area contributed by atoms with Crippen molar-refractivity contribution in [3.8, 4) is 0 Å². The molecule has 0 fully saturated rings. The molecule has 0 saturated heterocycles. The van der Waals surface area contributed by atoms with Crippen molar-refractivity contribution in [3.05, 3.63) is 13.5 Å². The number of rotatable bonds is 1. The maximum Gasteiger partial charge on any atom is 0.0194 e. The van der Waals surface area contributed by atoms with Gasteiger partial charge in [-0.1, -0.05) is 19.5 Å². The highest BCUT2D eigenvalue weighted by atomic mass is 28.2. The van der Waals surface area contributed by atoms with E-state index in [1.807, 2.05) is 0 Å². The van der Waals surface area contributed by atoms with Crippen LogP contribution in [0.4, 0.5) is 0 Å². The molecule has 0 aromatic carbocycles. The molecule has 0 aliphatic heterocycles. The predicted octanol–water partition coefficient (Wildman–Crippen LogP) is 0.199. The largest absolute Gasteiger partial charge is 0.0656 e. The van der Waals surface area contributed by atoms with Gasteiger partial charge in [0.25, 0.3) is 0 Å². The molecule has 0 saturated carbocycles. The van der Waals surface area contributed by atoms with E-state index in [1.165, 1.54) is 0 Å². The van der Waals surface area contributed by atoms with Crippen LogP contribution in [0.2, 0.25) is 6.04 Å². The molecule has 0 heterocycles. The van der Waals surface area contributed by atoms with Crippen molar-refractivity contribution in [1.29, 1.82) is 0 Å². The van der Waals surface area contributed by atoms with E-state index >= 15 is 0 Å². The van der Waals surface area contributed by atoms with Gasteiger partial charge in [0.1, 0.15) is 0 Å². The van der Waals surface area contributed by atoms with Gasteiger partial charge in [-0.15, -0.1) is 0 Å². The molecule has 0 atom stereocenters. The van der Waals surface area contributed by atoms with E-state index in [0.717, 1.165) is 6.04 Å². The van der Waals surface area contributed by atoms with E-state index in [2.05, 4.69) is 13.5 Å². The minimum atomic E-state index is 0.0633. The van der Waals surface area contributed by atoms with Gasteiger partial charge in [-0.25, -0.2) is 0 Å². The fraction of sp³-hybridized carbons (Fsp3) is 0.333. The van der Waals surface area contributed by atoms with Gasteiger partial charge in [0.2, 0.25) is 0 Å². The molecule has 2 radical (unpaired) electrons. The van der Waals surface area contributed by atoms with Crippen molar-refractivity contribution in [3.63, 3.8) is 0 Å². The molecular formula is C3H8Si. The molecule has 0 rings (SSSR count). The van der Waals surface area contributed by atoms with Gasteiger partial charge in [0.05, 0.1) is 0 Å². The van der Waals surface area contributed by atoms with E-state index in [1.54, 1.807) is 0 Å². The zero-order chi connectivity index (χ0) is 3.41. The van der Waals surface area contributed by atoms with E-state index < -0.39 is 0 Å². The molecule has 4 heavy (non-hydrogen) atoms. The van der Waals surface area contributed by atoms with E-state index in [-0.39, 0.29) is 9.52 Å². The zero-order valence-corrected chi connectivity index (χ0v) is 4.24. The Morgan fingerprint density at radius 1 is 1.75 bits per heavy atom. The van der Waals surface area contributed by atoms with Crippen LogP contribution in [0.5, 0.6) is 0 Å². The second-order valence-electron chi connectivity index (χ2n) is 0.707. The van der Waals surface area contributed by atoms with Crippen LogP contribution in [0.25, 0.3) is 0 Å². The quantitative estimate of drug-likeness (QED) is 0.388. The molecule has 0 amide bonds. The Balaban J connectivity index is 1.97. The molecule has 0 aromatic heterocycles. The Labute approximate surface area is 30.0 Å². The molecule has 0 nitrogen and oxygen atoms in total. The monoisotopic (exact) mass is 72.0 g/mol. The molecule has 0 aromatic rings. The van der Waals surface area contributed by atoms with Gasteiger partial charge in [-0.2, -0.15) is 0 Å². The summed E-state index contributed by atoms with van der Waals surface area (Å²) in [4.78, 5) is 0. The van der Waals surface area contributed by atoms with Crippen molar-refractivity contribution in [1.82, 2.24) is 0 Å². The lowest BCUT2D eigenvalue weighted by Crippen LogP contribution is -1.69. The third-order valence-electron chi connectivity index (χ3n) is 0.250. The van der Waals surface area contributed by atoms with Crippen molar-refractivity contribution in [2.24, 2.45) is 0 Å². The van der Waals surface area contributed by atoms with Gasteiger partial charge in [0.15, 0.2) is 0 Å². The summed E-state index contributed by atoms with van der Waals surface area (Å²) in [5, 5.41) is 0. The van der Waals surface area contributed by atoms with Crippen LogP contribution in [-0.2, 0) is 0 Å². The molecule has 0 spiro atoms. The first-order valence-corrected chi connectivity index (χ1v) is 3.50. The Morgan fingerprint density at radius 2 is 2.00 bits per heavy atom. The molecule has 1 heteroatoms. The number of hydrogen-bond donors (Lipinski definition) is 0. The summed E-state index contributed by atoms with van der Waals surface area (Å²) in [5.74, 6) is 0. The Kier molecular flexibility index (Phi) is 3.39. The lowest BCUT2D eigenvalue weighted by molar-refractivity contribution is 1.73. The Morgan fingerprint density at radius 3 is 2.00 bits per heavy atom. The average molecular weight is 72.2 g/mol. The lowest BCUT2D eigenvalue weighted by atomic mass is 11.0. The van der Waals surface area contributed by atoms with Gasteiger partial charge in [0, 0.05) is 9.52 Å². The molecule has 0 bridgehead atoms. The van der Waals surface area contributed by atoms with Crippen LogP contribution < -0.4 is 0 Å². The van der Waals surface area contributed by atoms with E-state index in [9.17, 15) is 0 Å². The maximum absolute atomic E-state index is 3.68. The molecule has 0 aliphatic carbocycles. The van der Waals surface area contributed by atoms with Crippen molar-refractivity contribution >= 4 is 9.52 Å². The summed E-state index contributed by atoms with van der Waals surface area (Å²) in [6.07, 6.45) is 0. The fourth-order valence-corrected chi connectivity index (χ4v) is 0. The standard InChI is InChI=1S/C3H8Si/c1-3-4-2/h1-4H2. The summed E-state index contributed by atoms with van der Waals surface area (Å²) in [7, 11) is 0.0633. The summed E-state index contributed by atoms with van der Waals surface area (Å²) in [6, 6.07) is 1.10. The van der Waals surface area contributed by atoms with Gasteiger partial charge in [-0.05, 0) is 0 Å². The third-order valence-corrected chi connectivity index (χ3v) is 0.750. The summed E-state index contributed by atoms with van der Waals surface area (Å²) in [6.45, 7) is 7.28. The third kappa shape index (κ3) is 2.22. The summed E-state index contributed by atoms with van der Waals surface area (Å²) >= 11 is 0. The van der Waals surface area contributed by atoms with Crippen LogP contribution in [0.1, 0.15) is 0 Å². The molecule has 0 aliphatic rings. The first-order chi connectivity index (χ1) is 1.91. The van der Waals surface area contributed by atoms with E-state index in [0.29, 0.717) is 0 Å². The highest BCUT2D eigenvalue weighted by molar-refractivity contribution is 6.37. The minimum Gasteiger partial charge on any atom is -0.0656 e. The zero-order valence-electron chi connectivity index (χ0n) is 2.83. The van der Waals surface area contributed by atoms with Crippen LogP contribution in [-0.4, -0.2) is 9.52 Å². The summed E-state index contributed by atoms with van der Waals surface area (Å²) < 4.78 is 0. The smallest absolute Gasteiger partial charge is 0.0194 e. The van der Waals surface area contributed by atoms with E-state index in [4.69, 9.17) is 0 Å².